The minimum absolute atomic E-state index is 0.235. The molecule has 0 aliphatic carbocycles. The van der Waals surface area contributed by atoms with Crippen LogP contribution in [-0.4, -0.2) is 30.1 Å². The highest BCUT2D eigenvalue weighted by Gasteiger charge is 2.12. The summed E-state index contributed by atoms with van der Waals surface area (Å²) >= 11 is 1.36. The summed E-state index contributed by atoms with van der Waals surface area (Å²) < 4.78 is 10.5. The summed E-state index contributed by atoms with van der Waals surface area (Å²) in [5.41, 5.74) is 2.99. The van der Waals surface area contributed by atoms with Gasteiger partial charge >= 0.3 is 0 Å². The first kappa shape index (κ1) is 16.9. The van der Waals surface area contributed by atoms with Gasteiger partial charge in [-0.2, -0.15) is 0 Å². The van der Waals surface area contributed by atoms with Gasteiger partial charge in [-0.15, -0.1) is 11.3 Å². The SMILES string of the molecule is COc1ccc(-c2csc(NC(=O)c3ccc(C)nc3)n2)cc1OC. The summed E-state index contributed by atoms with van der Waals surface area (Å²) in [7, 11) is 3.18. The molecular formula is C18H17N3O3S. The zero-order valence-electron chi connectivity index (χ0n) is 14.1. The molecule has 0 unspecified atom stereocenters. The minimum Gasteiger partial charge on any atom is -0.493 e. The van der Waals surface area contributed by atoms with Gasteiger partial charge in [0.25, 0.3) is 5.91 Å². The normalized spacial score (nSPS) is 10.4. The lowest BCUT2D eigenvalue weighted by Gasteiger charge is -2.08. The molecule has 0 atom stereocenters. The van der Waals surface area contributed by atoms with Crippen molar-refractivity contribution in [3.63, 3.8) is 0 Å². The Bertz CT molecular complexity index is 891. The Kier molecular flexibility index (Phi) is 4.95. The number of ether oxygens (including phenoxy) is 2. The van der Waals surface area contributed by atoms with Gasteiger partial charge < -0.3 is 9.47 Å². The van der Waals surface area contributed by atoms with Crippen molar-refractivity contribution in [3.8, 4) is 22.8 Å². The molecule has 0 aliphatic heterocycles. The number of nitrogens with one attached hydrogen (secondary N) is 1. The Balaban J connectivity index is 1.78. The summed E-state index contributed by atoms with van der Waals surface area (Å²) in [5, 5.41) is 5.19. The number of rotatable bonds is 5. The highest BCUT2D eigenvalue weighted by Crippen LogP contribution is 2.33. The Labute approximate surface area is 149 Å². The van der Waals surface area contributed by atoms with Crippen LogP contribution in [0.1, 0.15) is 16.1 Å². The molecular weight excluding hydrogens is 338 g/mol. The van der Waals surface area contributed by atoms with E-state index in [-0.39, 0.29) is 5.91 Å². The molecule has 1 aromatic carbocycles. The molecule has 6 nitrogen and oxygen atoms in total. The number of methoxy groups -OCH3 is 2. The second-order valence-electron chi connectivity index (χ2n) is 5.25. The van der Waals surface area contributed by atoms with Gasteiger partial charge in [-0.1, -0.05) is 0 Å². The molecule has 25 heavy (non-hydrogen) atoms. The third kappa shape index (κ3) is 3.77. The number of carbonyl (C=O) groups is 1. The zero-order chi connectivity index (χ0) is 17.8. The average molecular weight is 355 g/mol. The fourth-order valence-corrected chi connectivity index (χ4v) is 2.95. The summed E-state index contributed by atoms with van der Waals surface area (Å²) in [4.78, 5) is 20.8. The molecule has 128 valence electrons. The first-order valence-electron chi connectivity index (χ1n) is 7.52. The molecule has 2 heterocycles. The maximum Gasteiger partial charge on any atom is 0.259 e. The number of amides is 1. The molecule has 1 N–H and O–H groups in total. The van der Waals surface area contributed by atoms with E-state index in [1.54, 1.807) is 32.5 Å². The van der Waals surface area contributed by atoms with Crippen LogP contribution in [0.25, 0.3) is 11.3 Å². The van der Waals surface area contributed by atoms with E-state index in [0.717, 1.165) is 17.0 Å². The lowest BCUT2D eigenvalue weighted by molar-refractivity contribution is 0.102. The van der Waals surface area contributed by atoms with E-state index in [9.17, 15) is 4.79 Å². The van der Waals surface area contributed by atoms with E-state index < -0.39 is 0 Å². The zero-order valence-corrected chi connectivity index (χ0v) is 14.9. The highest BCUT2D eigenvalue weighted by atomic mass is 32.1. The van der Waals surface area contributed by atoms with E-state index in [1.807, 2.05) is 30.5 Å². The quantitative estimate of drug-likeness (QED) is 0.754. The Hall–Kier alpha value is -2.93. The number of carbonyl (C=O) groups excluding carboxylic acids is 1. The van der Waals surface area contributed by atoms with Gasteiger partial charge in [-0.3, -0.25) is 15.1 Å². The number of aromatic nitrogens is 2. The van der Waals surface area contributed by atoms with Crippen molar-refractivity contribution in [3.05, 3.63) is 53.2 Å². The maximum absolute atomic E-state index is 12.2. The number of pyridine rings is 1. The molecule has 2 aromatic heterocycles. The third-order valence-electron chi connectivity index (χ3n) is 3.58. The average Bonchev–Trinajstić information content (AvgIpc) is 3.10. The Morgan fingerprint density at radius 3 is 2.60 bits per heavy atom. The van der Waals surface area contributed by atoms with Gasteiger partial charge in [-0.25, -0.2) is 4.98 Å². The van der Waals surface area contributed by atoms with E-state index in [4.69, 9.17) is 9.47 Å². The highest BCUT2D eigenvalue weighted by molar-refractivity contribution is 7.14. The summed E-state index contributed by atoms with van der Waals surface area (Å²) in [5.74, 6) is 1.05. The van der Waals surface area contributed by atoms with Crippen LogP contribution in [0.5, 0.6) is 11.5 Å². The summed E-state index contributed by atoms with van der Waals surface area (Å²) in [6.07, 6.45) is 1.55. The van der Waals surface area contributed by atoms with Crippen molar-refractivity contribution >= 4 is 22.4 Å². The number of aryl methyl sites for hydroxylation is 1. The molecule has 0 saturated heterocycles. The number of anilines is 1. The number of hydrogen-bond donors (Lipinski definition) is 1. The van der Waals surface area contributed by atoms with Crippen LogP contribution in [0.4, 0.5) is 5.13 Å². The van der Waals surface area contributed by atoms with E-state index >= 15 is 0 Å². The maximum atomic E-state index is 12.2. The van der Waals surface area contributed by atoms with E-state index in [0.29, 0.717) is 22.2 Å². The van der Waals surface area contributed by atoms with Crippen LogP contribution in [0.15, 0.2) is 41.9 Å². The van der Waals surface area contributed by atoms with Crippen molar-refractivity contribution in [2.45, 2.75) is 6.92 Å². The van der Waals surface area contributed by atoms with Gasteiger partial charge in [0, 0.05) is 22.8 Å². The fraction of sp³-hybridized carbons (Fsp3) is 0.167. The number of nitrogens with zero attached hydrogens (tertiary/aromatic N) is 2. The minimum atomic E-state index is -0.235. The predicted molar refractivity (Wildman–Crippen MR) is 97.6 cm³/mol. The topological polar surface area (TPSA) is 73.3 Å². The van der Waals surface area contributed by atoms with Crippen molar-refractivity contribution < 1.29 is 14.3 Å². The van der Waals surface area contributed by atoms with Crippen LogP contribution in [0, 0.1) is 6.92 Å². The first-order valence-corrected chi connectivity index (χ1v) is 8.40. The van der Waals surface area contributed by atoms with Crippen LogP contribution in [0.2, 0.25) is 0 Å². The fourth-order valence-electron chi connectivity index (χ4n) is 2.23. The van der Waals surface area contributed by atoms with Crippen LogP contribution < -0.4 is 14.8 Å². The monoisotopic (exact) mass is 355 g/mol. The smallest absolute Gasteiger partial charge is 0.259 e. The van der Waals surface area contributed by atoms with Crippen LogP contribution >= 0.6 is 11.3 Å². The molecule has 0 aliphatic rings. The van der Waals surface area contributed by atoms with Crippen molar-refractivity contribution in [2.24, 2.45) is 0 Å². The number of hydrogen-bond acceptors (Lipinski definition) is 6. The second kappa shape index (κ2) is 7.31. The number of benzene rings is 1. The molecule has 3 rings (SSSR count). The van der Waals surface area contributed by atoms with Crippen LogP contribution in [-0.2, 0) is 0 Å². The van der Waals surface area contributed by atoms with Gasteiger partial charge in [0.1, 0.15) is 0 Å². The molecule has 7 heteroatoms. The summed E-state index contributed by atoms with van der Waals surface area (Å²) in [6, 6.07) is 9.10. The van der Waals surface area contributed by atoms with E-state index in [1.165, 1.54) is 11.3 Å². The first-order chi connectivity index (χ1) is 12.1. The Morgan fingerprint density at radius 1 is 1.12 bits per heavy atom. The van der Waals surface area contributed by atoms with Crippen molar-refractivity contribution in [1.29, 1.82) is 0 Å². The third-order valence-corrected chi connectivity index (χ3v) is 4.34. The van der Waals surface area contributed by atoms with Gasteiger partial charge in [0.05, 0.1) is 25.5 Å². The standard InChI is InChI=1S/C18H17N3O3S/c1-11-4-5-13(9-19-11)17(22)21-18-20-14(10-25-18)12-6-7-15(23-2)16(8-12)24-3/h4-10H,1-3H3,(H,20,21,22). The molecule has 0 spiro atoms. The van der Waals surface area contributed by atoms with Gasteiger partial charge in [-0.05, 0) is 37.3 Å². The number of thiazole rings is 1. The van der Waals surface area contributed by atoms with Gasteiger partial charge in [0.15, 0.2) is 16.6 Å². The lowest BCUT2D eigenvalue weighted by Crippen LogP contribution is -2.12. The van der Waals surface area contributed by atoms with Crippen molar-refractivity contribution in [1.82, 2.24) is 9.97 Å². The molecule has 1 amide bonds. The van der Waals surface area contributed by atoms with E-state index in [2.05, 4.69) is 15.3 Å². The van der Waals surface area contributed by atoms with Crippen LogP contribution in [0.3, 0.4) is 0 Å². The molecule has 0 saturated carbocycles. The largest absolute Gasteiger partial charge is 0.493 e. The molecule has 0 bridgehead atoms. The molecule has 0 radical (unpaired) electrons. The Morgan fingerprint density at radius 2 is 1.92 bits per heavy atom. The molecule has 0 fully saturated rings. The predicted octanol–water partition coefficient (Wildman–Crippen LogP) is 3.78. The molecule has 3 aromatic rings. The second-order valence-corrected chi connectivity index (χ2v) is 6.11. The van der Waals surface area contributed by atoms with Gasteiger partial charge in [0.2, 0.25) is 0 Å². The van der Waals surface area contributed by atoms with Crippen molar-refractivity contribution in [2.75, 3.05) is 19.5 Å². The lowest BCUT2D eigenvalue weighted by atomic mass is 10.1. The summed E-state index contributed by atoms with van der Waals surface area (Å²) in [6.45, 7) is 1.87.